The Morgan fingerprint density at radius 3 is 2.58 bits per heavy atom. The zero-order valence-electron chi connectivity index (χ0n) is 18.2. The van der Waals surface area contributed by atoms with Gasteiger partial charge in [0.1, 0.15) is 17.9 Å². The zero-order valence-corrected chi connectivity index (χ0v) is 18.2. The molecule has 0 spiro atoms. The zero-order chi connectivity index (χ0) is 21.6. The van der Waals surface area contributed by atoms with Crippen molar-refractivity contribution in [3.05, 3.63) is 78.0 Å². The highest BCUT2D eigenvalue weighted by molar-refractivity contribution is 5.82. The quantitative estimate of drug-likeness (QED) is 0.385. The number of aromatic nitrogens is 1. The van der Waals surface area contributed by atoms with Gasteiger partial charge in [-0.05, 0) is 62.2 Å². The van der Waals surface area contributed by atoms with Crippen LogP contribution in [0, 0.1) is 6.92 Å². The predicted molar refractivity (Wildman–Crippen MR) is 124 cm³/mol. The van der Waals surface area contributed by atoms with E-state index < -0.39 is 0 Å². The van der Waals surface area contributed by atoms with Crippen molar-refractivity contribution in [2.45, 2.75) is 32.9 Å². The number of ether oxygens (including phenoxy) is 2. The van der Waals surface area contributed by atoms with E-state index in [0.717, 1.165) is 41.1 Å². The van der Waals surface area contributed by atoms with Crippen molar-refractivity contribution in [1.82, 2.24) is 4.57 Å². The molecule has 2 N–H and O–H groups in total. The van der Waals surface area contributed by atoms with Gasteiger partial charge in [-0.25, -0.2) is 0 Å². The van der Waals surface area contributed by atoms with E-state index in [0.29, 0.717) is 19.8 Å². The van der Waals surface area contributed by atoms with Crippen LogP contribution in [-0.4, -0.2) is 30.4 Å². The molecule has 5 nitrogen and oxygen atoms in total. The maximum absolute atomic E-state index is 6.06. The molecular formula is C26H30N2O3. The molecule has 31 heavy (non-hydrogen) atoms. The van der Waals surface area contributed by atoms with Crippen molar-refractivity contribution in [1.29, 1.82) is 0 Å². The van der Waals surface area contributed by atoms with Gasteiger partial charge in [0.05, 0.1) is 18.3 Å². The lowest BCUT2D eigenvalue weighted by Gasteiger charge is -2.15. The summed E-state index contributed by atoms with van der Waals surface area (Å²) in [7, 11) is 0. The van der Waals surface area contributed by atoms with Gasteiger partial charge in [0, 0.05) is 24.2 Å². The number of nitrogens with two attached hydrogens (primary N) is 1. The van der Waals surface area contributed by atoms with Crippen molar-refractivity contribution >= 4 is 11.0 Å². The molecule has 0 saturated carbocycles. The summed E-state index contributed by atoms with van der Waals surface area (Å²) in [5.74, 6) is 1.74. The van der Waals surface area contributed by atoms with Crippen LogP contribution in [0.3, 0.4) is 0 Å². The van der Waals surface area contributed by atoms with Gasteiger partial charge in [0.2, 0.25) is 0 Å². The van der Waals surface area contributed by atoms with Crippen LogP contribution in [0.25, 0.3) is 22.4 Å². The third-order valence-electron chi connectivity index (χ3n) is 5.51. The van der Waals surface area contributed by atoms with Crippen LogP contribution < -0.4 is 10.5 Å². The Labute approximate surface area is 183 Å². The number of rotatable bonds is 10. The summed E-state index contributed by atoms with van der Waals surface area (Å²) in [5.41, 5.74) is 10.1. The van der Waals surface area contributed by atoms with E-state index in [1.165, 1.54) is 11.3 Å². The summed E-state index contributed by atoms with van der Waals surface area (Å²) in [5, 5.41) is 1.11. The van der Waals surface area contributed by atoms with Crippen molar-refractivity contribution in [3.63, 3.8) is 0 Å². The summed E-state index contributed by atoms with van der Waals surface area (Å²) in [6.07, 6.45) is 0.874. The van der Waals surface area contributed by atoms with Gasteiger partial charge in [-0.15, -0.1) is 0 Å². The highest BCUT2D eigenvalue weighted by Gasteiger charge is 2.13. The lowest BCUT2D eigenvalue weighted by molar-refractivity contribution is 0.0694. The molecule has 2 heterocycles. The first-order valence-electron chi connectivity index (χ1n) is 10.9. The average molecular weight is 419 g/mol. The topological polar surface area (TPSA) is 62.6 Å². The Hall–Kier alpha value is -3.02. The van der Waals surface area contributed by atoms with Crippen LogP contribution in [0.15, 0.2) is 71.1 Å². The summed E-state index contributed by atoms with van der Waals surface area (Å²) < 4.78 is 20.0. The normalized spacial score (nSPS) is 12.4. The van der Waals surface area contributed by atoms with E-state index in [1.54, 1.807) is 0 Å². The number of aryl methyl sites for hydroxylation is 1. The molecule has 162 valence electrons. The molecule has 0 amide bonds. The fraction of sp³-hybridized carbons (Fsp3) is 0.308. The maximum atomic E-state index is 6.06. The highest BCUT2D eigenvalue weighted by Crippen LogP contribution is 2.29. The monoisotopic (exact) mass is 418 g/mol. The largest absolute Gasteiger partial charge is 0.492 e. The molecule has 5 heteroatoms. The fourth-order valence-corrected chi connectivity index (χ4v) is 3.87. The van der Waals surface area contributed by atoms with Crippen LogP contribution in [0.2, 0.25) is 0 Å². The van der Waals surface area contributed by atoms with E-state index in [1.807, 2.05) is 37.3 Å². The van der Waals surface area contributed by atoms with Crippen LogP contribution in [0.4, 0.5) is 0 Å². The number of hydrogen-bond acceptors (Lipinski definition) is 4. The predicted octanol–water partition coefficient (Wildman–Crippen LogP) is 5.20. The van der Waals surface area contributed by atoms with Crippen LogP contribution in [0.5, 0.6) is 5.75 Å². The van der Waals surface area contributed by atoms with Gasteiger partial charge in [-0.1, -0.05) is 30.3 Å². The van der Waals surface area contributed by atoms with Crippen molar-refractivity contribution < 1.29 is 13.9 Å². The van der Waals surface area contributed by atoms with Gasteiger partial charge in [0.15, 0.2) is 5.76 Å². The van der Waals surface area contributed by atoms with Crippen LogP contribution >= 0.6 is 0 Å². The first-order chi connectivity index (χ1) is 15.2. The number of nitrogens with zero attached hydrogens (tertiary/aromatic N) is 1. The van der Waals surface area contributed by atoms with Crippen molar-refractivity contribution in [2.75, 3.05) is 19.8 Å². The summed E-state index contributed by atoms with van der Waals surface area (Å²) >= 11 is 0. The second-order valence-electron chi connectivity index (χ2n) is 7.67. The standard InChI is InChI=1S/C26H30N2O3/c1-3-29-23(18-27)16-20-9-11-22(12-10-20)30-15-14-28-19(2)8-13-24(28)26-17-21-6-4-5-7-25(21)31-26/h4-13,17,23H,3,14-16,18,27H2,1-2H3/t23-/m0/s1. The summed E-state index contributed by atoms with van der Waals surface area (Å²) in [6, 6.07) is 22.6. The number of benzene rings is 2. The molecule has 2 aromatic heterocycles. The Kier molecular flexibility index (Phi) is 6.75. The van der Waals surface area contributed by atoms with Crippen molar-refractivity contribution in [3.8, 4) is 17.2 Å². The second-order valence-corrected chi connectivity index (χ2v) is 7.67. The summed E-state index contributed by atoms with van der Waals surface area (Å²) in [6.45, 7) is 6.62. The molecule has 0 fully saturated rings. The van der Waals surface area contributed by atoms with E-state index in [4.69, 9.17) is 19.6 Å². The number of hydrogen-bond donors (Lipinski definition) is 1. The smallest absolute Gasteiger partial charge is 0.151 e. The maximum Gasteiger partial charge on any atom is 0.151 e. The molecule has 0 bridgehead atoms. The second kappa shape index (κ2) is 9.86. The Morgan fingerprint density at radius 2 is 1.84 bits per heavy atom. The van der Waals surface area contributed by atoms with Crippen LogP contribution in [0.1, 0.15) is 18.2 Å². The van der Waals surface area contributed by atoms with E-state index in [-0.39, 0.29) is 6.10 Å². The third-order valence-corrected chi connectivity index (χ3v) is 5.51. The Morgan fingerprint density at radius 1 is 1.03 bits per heavy atom. The molecule has 0 saturated heterocycles. The van der Waals surface area contributed by atoms with Gasteiger partial charge in [-0.2, -0.15) is 0 Å². The first-order valence-corrected chi connectivity index (χ1v) is 10.9. The van der Waals surface area contributed by atoms with Gasteiger partial charge < -0.3 is 24.2 Å². The number of fused-ring (bicyclic) bond motifs is 1. The molecule has 0 aliphatic rings. The first kappa shape index (κ1) is 21.2. The van der Waals surface area contributed by atoms with Crippen LogP contribution in [-0.2, 0) is 17.7 Å². The molecule has 0 unspecified atom stereocenters. The van der Waals surface area contributed by atoms with E-state index in [2.05, 4.69) is 47.9 Å². The molecule has 0 aliphatic heterocycles. The van der Waals surface area contributed by atoms with Gasteiger partial charge >= 0.3 is 0 Å². The Bertz CT molecular complexity index is 1080. The van der Waals surface area contributed by atoms with E-state index >= 15 is 0 Å². The molecule has 4 rings (SSSR count). The fourth-order valence-electron chi connectivity index (χ4n) is 3.87. The lowest BCUT2D eigenvalue weighted by atomic mass is 10.1. The SMILES string of the molecule is CCO[C@H](CN)Cc1ccc(OCCn2c(C)ccc2-c2cc3ccccc3o2)cc1. The molecule has 4 aromatic rings. The Balaban J connectivity index is 1.38. The molecule has 0 aliphatic carbocycles. The van der Waals surface area contributed by atoms with E-state index in [9.17, 15) is 0 Å². The minimum Gasteiger partial charge on any atom is -0.492 e. The van der Waals surface area contributed by atoms with Gasteiger partial charge in [0.25, 0.3) is 0 Å². The number of para-hydroxylation sites is 1. The number of furan rings is 1. The molecule has 2 aromatic carbocycles. The minimum absolute atomic E-state index is 0.0603. The highest BCUT2D eigenvalue weighted by atomic mass is 16.5. The molecule has 1 atom stereocenters. The third kappa shape index (κ3) is 5.01. The summed E-state index contributed by atoms with van der Waals surface area (Å²) in [4.78, 5) is 0. The molecular weight excluding hydrogens is 388 g/mol. The average Bonchev–Trinajstić information content (AvgIpc) is 3.38. The minimum atomic E-state index is 0.0603. The molecule has 0 radical (unpaired) electrons. The van der Waals surface area contributed by atoms with Crippen molar-refractivity contribution in [2.24, 2.45) is 5.73 Å². The lowest BCUT2D eigenvalue weighted by Crippen LogP contribution is -2.26. The van der Waals surface area contributed by atoms with Gasteiger partial charge in [-0.3, -0.25) is 0 Å².